The Morgan fingerprint density at radius 3 is 2.67 bits per heavy atom. The van der Waals surface area contributed by atoms with Gasteiger partial charge in [-0.1, -0.05) is 29.8 Å². The van der Waals surface area contributed by atoms with Crippen molar-refractivity contribution in [3.05, 3.63) is 70.0 Å². The van der Waals surface area contributed by atoms with Crippen LogP contribution < -0.4 is 16.0 Å². The van der Waals surface area contributed by atoms with Gasteiger partial charge in [0, 0.05) is 25.7 Å². The summed E-state index contributed by atoms with van der Waals surface area (Å²) in [6.45, 7) is 3.76. The van der Waals surface area contributed by atoms with Crippen molar-refractivity contribution >= 4 is 23.5 Å². The Labute approximate surface area is 164 Å². The third kappa shape index (κ3) is 6.57. The zero-order valence-electron chi connectivity index (χ0n) is 15.5. The number of guanidine groups is 1. The standard InChI is InChI=1S/C20H24ClFN4O/c1-3-24-20(26-13-15-7-8-18(22)17(21)12-15)25-10-9-14-5-4-6-16(11-14)19(27)23-2/h4-8,11-12H,3,9-10,13H2,1-2H3,(H,23,27)(H2,24,25,26). The van der Waals surface area contributed by atoms with Crippen LogP contribution in [0.1, 0.15) is 28.4 Å². The smallest absolute Gasteiger partial charge is 0.251 e. The van der Waals surface area contributed by atoms with Crippen molar-refractivity contribution in [2.45, 2.75) is 19.9 Å². The Morgan fingerprint density at radius 1 is 1.15 bits per heavy atom. The molecule has 0 aliphatic carbocycles. The summed E-state index contributed by atoms with van der Waals surface area (Å²) >= 11 is 5.80. The van der Waals surface area contributed by atoms with Crippen LogP contribution in [0.25, 0.3) is 0 Å². The van der Waals surface area contributed by atoms with E-state index < -0.39 is 5.82 Å². The molecule has 0 unspecified atom stereocenters. The lowest BCUT2D eigenvalue weighted by atomic mass is 10.1. The van der Waals surface area contributed by atoms with Crippen molar-refractivity contribution in [2.24, 2.45) is 4.99 Å². The predicted molar refractivity (Wildman–Crippen MR) is 108 cm³/mol. The fourth-order valence-electron chi connectivity index (χ4n) is 2.49. The van der Waals surface area contributed by atoms with Crippen LogP contribution in [0, 0.1) is 5.82 Å². The fraction of sp³-hybridized carbons (Fsp3) is 0.300. The Kier molecular flexibility index (Phi) is 8.07. The molecule has 0 bridgehead atoms. The van der Waals surface area contributed by atoms with Crippen LogP contribution in [0.4, 0.5) is 4.39 Å². The van der Waals surface area contributed by atoms with Gasteiger partial charge in [-0.25, -0.2) is 9.38 Å². The second kappa shape index (κ2) is 10.5. The van der Waals surface area contributed by atoms with Crippen molar-refractivity contribution in [1.29, 1.82) is 0 Å². The molecule has 0 radical (unpaired) electrons. The lowest BCUT2D eigenvalue weighted by Gasteiger charge is -2.12. The first-order valence-corrected chi connectivity index (χ1v) is 9.18. The van der Waals surface area contributed by atoms with Gasteiger partial charge in [-0.05, 0) is 48.7 Å². The van der Waals surface area contributed by atoms with Crippen LogP contribution in [0.2, 0.25) is 5.02 Å². The molecule has 2 rings (SSSR count). The number of hydrogen-bond acceptors (Lipinski definition) is 2. The molecular weight excluding hydrogens is 367 g/mol. The van der Waals surface area contributed by atoms with Crippen LogP contribution >= 0.6 is 11.6 Å². The number of amides is 1. The second-order valence-electron chi connectivity index (χ2n) is 5.90. The summed E-state index contributed by atoms with van der Waals surface area (Å²) in [5.74, 6) is 0.131. The van der Waals surface area contributed by atoms with Gasteiger partial charge < -0.3 is 16.0 Å². The van der Waals surface area contributed by atoms with Gasteiger partial charge >= 0.3 is 0 Å². The number of benzene rings is 2. The van der Waals surface area contributed by atoms with Gasteiger partial charge in [-0.3, -0.25) is 4.79 Å². The van der Waals surface area contributed by atoms with Gasteiger partial charge in [0.05, 0.1) is 11.6 Å². The van der Waals surface area contributed by atoms with Crippen LogP contribution in [-0.2, 0) is 13.0 Å². The van der Waals surface area contributed by atoms with Gasteiger partial charge in [-0.15, -0.1) is 0 Å². The SMILES string of the molecule is CCNC(=NCc1ccc(F)c(Cl)c1)NCCc1cccc(C(=O)NC)c1. The van der Waals surface area contributed by atoms with Gasteiger partial charge in [0.15, 0.2) is 5.96 Å². The molecule has 0 heterocycles. The van der Waals surface area contributed by atoms with E-state index in [-0.39, 0.29) is 10.9 Å². The zero-order chi connectivity index (χ0) is 19.6. The zero-order valence-corrected chi connectivity index (χ0v) is 16.2. The number of rotatable bonds is 7. The van der Waals surface area contributed by atoms with E-state index in [0.717, 1.165) is 24.1 Å². The van der Waals surface area contributed by atoms with Gasteiger partial charge in [0.25, 0.3) is 5.91 Å². The highest BCUT2D eigenvalue weighted by Crippen LogP contribution is 2.16. The number of nitrogens with zero attached hydrogens (tertiary/aromatic N) is 1. The summed E-state index contributed by atoms with van der Waals surface area (Å²) in [6, 6.07) is 12.1. The molecule has 7 heteroatoms. The number of hydrogen-bond donors (Lipinski definition) is 3. The molecule has 0 atom stereocenters. The van der Waals surface area contributed by atoms with Gasteiger partial charge in [0.1, 0.15) is 5.82 Å². The lowest BCUT2D eigenvalue weighted by molar-refractivity contribution is 0.0963. The molecule has 3 N–H and O–H groups in total. The van der Waals surface area contributed by atoms with Crippen molar-refractivity contribution in [2.75, 3.05) is 20.1 Å². The first kappa shape index (κ1) is 20.7. The highest BCUT2D eigenvalue weighted by atomic mass is 35.5. The molecule has 144 valence electrons. The molecule has 2 aromatic rings. The van der Waals surface area contributed by atoms with Crippen LogP contribution in [0.15, 0.2) is 47.5 Å². The van der Waals surface area contributed by atoms with Crippen molar-refractivity contribution in [3.8, 4) is 0 Å². The largest absolute Gasteiger partial charge is 0.357 e. The van der Waals surface area contributed by atoms with Crippen LogP contribution in [-0.4, -0.2) is 32.0 Å². The monoisotopic (exact) mass is 390 g/mol. The quantitative estimate of drug-likeness (QED) is 0.502. The topological polar surface area (TPSA) is 65.5 Å². The van der Waals surface area contributed by atoms with Crippen molar-refractivity contribution in [3.63, 3.8) is 0 Å². The molecule has 2 aromatic carbocycles. The maximum Gasteiger partial charge on any atom is 0.251 e. The van der Waals surface area contributed by atoms with Crippen LogP contribution in [0.3, 0.4) is 0 Å². The molecule has 0 aliphatic heterocycles. The average molecular weight is 391 g/mol. The van der Waals surface area contributed by atoms with Crippen LogP contribution in [0.5, 0.6) is 0 Å². The highest BCUT2D eigenvalue weighted by molar-refractivity contribution is 6.30. The molecule has 0 spiro atoms. The predicted octanol–water partition coefficient (Wildman–Crippen LogP) is 3.14. The number of carbonyl (C=O) groups excluding carboxylic acids is 1. The normalized spacial score (nSPS) is 11.2. The maximum atomic E-state index is 13.2. The van der Waals surface area contributed by atoms with Gasteiger partial charge in [0.2, 0.25) is 0 Å². The minimum Gasteiger partial charge on any atom is -0.357 e. The Balaban J connectivity index is 1.94. The summed E-state index contributed by atoms with van der Waals surface area (Å²) in [5.41, 5.74) is 2.53. The van der Waals surface area contributed by atoms with E-state index in [4.69, 9.17) is 11.6 Å². The van der Waals surface area contributed by atoms with E-state index in [2.05, 4.69) is 20.9 Å². The third-order valence-electron chi connectivity index (χ3n) is 3.87. The third-order valence-corrected chi connectivity index (χ3v) is 4.16. The van der Waals surface area contributed by atoms with E-state index >= 15 is 0 Å². The van der Waals surface area contributed by atoms with Gasteiger partial charge in [-0.2, -0.15) is 0 Å². The summed E-state index contributed by atoms with van der Waals surface area (Å²) < 4.78 is 13.2. The van der Waals surface area contributed by atoms with Crippen molar-refractivity contribution in [1.82, 2.24) is 16.0 Å². The highest BCUT2D eigenvalue weighted by Gasteiger charge is 2.05. The maximum absolute atomic E-state index is 13.2. The molecular formula is C20H24ClFN4O. The molecule has 0 fully saturated rings. The van der Waals surface area contributed by atoms with E-state index in [1.54, 1.807) is 25.2 Å². The first-order chi connectivity index (χ1) is 13.0. The molecule has 1 amide bonds. The van der Waals surface area contributed by atoms with E-state index in [1.807, 2.05) is 25.1 Å². The lowest BCUT2D eigenvalue weighted by Crippen LogP contribution is -2.38. The molecule has 0 saturated heterocycles. The Bertz CT molecular complexity index is 810. The molecule has 0 aliphatic rings. The second-order valence-corrected chi connectivity index (χ2v) is 6.31. The van der Waals surface area contributed by atoms with E-state index in [1.165, 1.54) is 6.07 Å². The summed E-state index contributed by atoms with van der Waals surface area (Å²) in [7, 11) is 1.62. The molecule has 27 heavy (non-hydrogen) atoms. The number of halogens is 2. The Hall–Kier alpha value is -2.60. The number of aliphatic imine (C=N–C) groups is 1. The molecule has 0 saturated carbocycles. The summed E-state index contributed by atoms with van der Waals surface area (Å²) in [6.07, 6.45) is 0.748. The van der Waals surface area contributed by atoms with E-state index in [9.17, 15) is 9.18 Å². The summed E-state index contributed by atoms with van der Waals surface area (Å²) in [5, 5.41) is 9.15. The number of carbonyl (C=O) groups is 1. The molecule has 5 nitrogen and oxygen atoms in total. The van der Waals surface area contributed by atoms with E-state index in [0.29, 0.717) is 24.6 Å². The summed E-state index contributed by atoms with van der Waals surface area (Å²) in [4.78, 5) is 16.2. The fourth-order valence-corrected chi connectivity index (χ4v) is 2.69. The number of nitrogens with one attached hydrogen (secondary N) is 3. The average Bonchev–Trinajstić information content (AvgIpc) is 2.68. The molecule has 0 aromatic heterocycles. The minimum absolute atomic E-state index is 0.0941. The minimum atomic E-state index is -0.437. The first-order valence-electron chi connectivity index (χ1n) is 8.80. The Morgan fingerprint density at radius 2 is 1.96 bits per heavy atom. The van der Waals surface area contributed by atoms with Crippen molar-refractivity contribution < 1.29 is 9.18 Å².